The summed E-state index contributed by atoms with van der Waals surface area (Å²) in [6, 6.07) is 1.33. The highest BCUT2D eigenvalue weighted by Gasteiger charge is 2.44. The Kier molecular flexibility index (Phi) is 5.61. The van der Waals surface area contributed by atoms with Crippen molar-refractivity contribution in [2.45, 2.75) is 50.9 Å². The van der Waals surface area contributed by atoms with Crippen LogP contribution >= 0.6 is 0 Å². The number of aryl methyl sites for hydroxylation is 1. The first-order valence-electron chi connectivity index (χ1n) is 11.3. The van der Waals surface area contributed by atoms with E-state index in [4.69, 9.17) is 20.5 Å². The van der Waals surface area contributed by atoms with Gasteiger partial charge in [-0.15, -0.1) is 0 Å². The van der Waals surface area contributed by atoms with E-state index < -0.39 is 18.0 Å². The van der Waals surface area contributed by atoms with Gasteiger partial charge in [-0.1, -0.05) is 5.16 Å². The van der Waals surface area contributed by atoms with E-state index in [0.717, 1.165) is 56.4 Å². The molecular weight excluding hydrogens is 427 g/mol. The number of allylic oxidation sites excluding steroid dienone is 1. The van der Waals surface area contributed by atoms with E-state index in [2.05, 4.69) is 30.1 Å². The third-order valence-corrected chi connectivity index (χ3v) is 6.83. The van der Waals surface area contributed by atoms with Crippen LogP contribution in [0.2, 0.25) is 0 Å². The van der Waals surface area contributed by atoms with Gasteiger partial charge in [0.05, 0.1) is 17.3 Å². The van der Waals surface area contributed by atoms with Crippen molar-refractivity contribution >= 4 is 17.3 Å². The molecule has 0 aromatic carbocycles. The van der Waals surface area contributed by atoms with Crippen molar-refractivity contribution in [3.63, 3.8) is 0 Å². The van der Waals surface area contributed by atoms with Crippen LogP contribution in [0.1, 0.15) is 43.6 Å². The highest BCUT2D eigenvalue weighted by atomic mass is 19.1. The zero-order chi connectivity index (χ0) is 23.2. The summed E-state index contributed by atoms with van der Waals surface area (Å²) in [5.41, 5.74) is 7.89. The Hall–Kier alpha value is -2.92. The molecule has 2 fully saturated rings. The summed E-state index contributed by atoms with van der Waals surface area (Å²) in [6.07, 6.45) is 4.30. The number of ether oxygens (including phenoxy) is 1. The molecular formula is C22H29FN8O2. The molecule has 33 heavy (non-hydrogen) atoms. The van der Waals surface area contributed by atoms with Crippen molar-refractivity contribution in [3.8, 4) is 0 Å². The van der Waals surface area contributed by atoms with Crippen molar-refractivity contribution < 1.29 is 13.8 Å². The van der Waals surface area contributed by atoms with Gasteiger partial charge in [0.2, 0.25) is 0 Å². The summed E-state index contributed by atoms with van der Waals surface area (Å²) in [6.45, 7) is 6.89. The van der Waals surface area contributed by atoms with Crippen LogP contribution in [0.4, 0.5) is 16.0 Å². The highest BCUT2D eigenvalue weighted by Crippen LogP contribution is 2.43. The van der Waals surface area contributed by atoms with E-state index in [1.807, 2.05) is 19.9 Å². The van der Waals surface area contributed by atoms with Gasteiger partial charge in [0, 0.05) is 43.9 Å². The summed E-state index contributed by atoms with van der Waals surface area (Å²) in [7, 11) is 0. The van der Waals surface area contributed by atoms with Crippen molar-refractivity contribution in [3.05, 3.63) is 35.7 Å². The number of nitrogens with two attached hydrogens (primary N) is 1. The molecule has 3 atom stereocenters. The van der Waals surface area contributed by atoms with Crippen molar-refractivity contribution in [1.82, 2.24) is 20.3 Å². The van der Waals surface area contributed by atoms with E-state index in [0.29, 0.717) is 12.1 Å². The van der Waals surface area contributed by atoms with E-state index in [9.17, 15) is 4.39 Å². The molecule has 1 saturated heterocycles. The minimum Gasteiger partial charge on any atom is -0.365 e. The Bertz CT molecular complexity index is 1060. The largest absolute Gasteiger partial charge is 0.365 e. The molecule has 0 spiro atoms. The average molecular weight is 457 g/mol. The lowest BCUT2D eigenvalue weighted by atomic mass is 9.83. The van der Waals surface area contributed by atoms with Gasteiger partial charge in [-0.25, -0.2) is 19.0 Å². The maximum atomic E-state index is 14.5. The SMILES string of the molecule is Cc1nonc1N1CCN(c2cc(C(N)C3CC(OC4(C)CC4)C(F)=CC3=N)ncn2)CC1. The van der Waals surface area contributed by atoms with Gasteiger partial charge >= 0.3 is 0 Å². The van der Waals surface area contributed by atoms with Gasteiger partial charge in [0.15, 0.2) is 5.82 Å². The molecule has 3 heterocycles. The number of halogens is 1. The fourth-order valence-corrected chi connectivity index (χ4v) is 4.48. The number of hydrogen-bond donors (Lipinski definition) is 2. The third kappa shape index (κ3) is 4.47. The molecule has 2 aromatic heterocycles. The maximum absolute atomic E-state index is 14.5. The number of piperazine rings is 1. The van der Waals surface area contributed by atoms with Crippen molar-refractivity contribution in [2.75, 3.05) is 36.0 Å². The minimum absolute atomic E-state index is 0.172. The predicted octanol–water partition coefficient (Wildman–Crippen LogP) is 2.33. The second-order valence-electron chi connectivity index (χ2n) is 9.36. The van der Waals surface area contributed by atoms with Crippen molar-refractivity contribution in [1.29, 1.82) is 5.41 Å². The van der Waals surface area contributed by atoms with Crippen LogP contribution in [0.15, 0.2) is 28.9 Å². The Morgan fingerprint density at radius 1 is 1.21 bits per heavy atom. The number of rotatable bonds is 6. The van der Waals surface area contributed by atoms with Crippen LogP contribution in [-0.4, -0.2) is 63.9 Å². The zero-order valence-corrected chi connectivity index (χ0v) is 18.9. The molecule has 3 aliphatic rings. The fourth-order valence-electron chi connectivity index (χ4n) is 4.48. The molecule has 0 radical (unpaired) electrons. The first-order chi connectivity index (χ1) is 15.8. The molecule has 3 N–H and O–H groups in total. The fraction of sp³-hybridized carbons (Fsp3) is 0.591. The number of anilines is 2. The first kappa shape index (κ1) is 21.9. The van der Waals surface area contributed by atoms with E-state index in [1.165, 1.54) is 12.4 Å². The Labute approximate surface area is 191 Å². The maximum Gasteiger partial charge on any atom is 0.196 e. The molecule has 1 saturated carbocycles. The molecule has 5 rings (SSSR count). The summed E-state index contributed by atoms with van der Waals surface area (Å²) in [5, 5.41) is 16.2. The normalized spacial score (nSPS) is 25.7. The van der Waals surface area contributed by atoms with Crippen LogP contribution < -0.4 is 15.5 Å². The van der Waals surface area contributed by atoms with Crippen LogP contribution in [0.5, 0.6) is 0 Å². The number of nitrogens with one attached hydrogen (secondary N) is 1. The monoisotopic (exact) mass is 456 g/mol. The van der Waals surface area contributed by atoms with E-state index in [1.54, 1.807) is 0 Å². The number of hydrogen-bond acceptors (Lipinski definition) is 10. The van der Waals surface area contributed by atoms with E-state index >= 15 is 0 Å². The Balaban J connectivity index is 1.27. The van der Waals surface area contributed by atoms with Gasteiger partial charge in [-0.3, -0.25) is 0 Å². The molecule has 2 aliphatic carbocycles. The molecule has 10 nitrogen and oxygen atoms in total. The zero-order valence-electron chi connectivity index (χ0n) is 18.9. The van der Waals surface area contributed by atoms with Gasteiger partial charge in [0.1, 0.15) is 29.8 Å². The van der Waals surface area contributed by atoms with E-state index in [-0.39, 0.29) is 17.2 Å². The average Bonchev–Trinajstić information content (AvgIpc) is 3.38. The van der Waals surface area contributed by atoms with Crippen LogP contribution in [0.25, 0.3) is 0 Å². The lowest BCUT2D eigenvalue weighted by Gasteiger charge is -2.35. The third-order valence-electron chi connectivity index (χ3n) is 6.83. The lowest BCUT2D eigenvalue weighted by molar-refractivity contribution is -0.0210. The first-order valence-corrected chi connectivity index (χ1v) is 11.3. The molecule has 176 valence electrons. The molecule has 0 bridgehead atoms. The quantitative estimate of drug-likeness (QED) is 0.672. The minimum atomic E-state index is -0.661. The smallest absolute Gasteiger partial charge is 0.196 e. The summed E-state index contributed by atoms with van der Waals surface area (Å²) >= 11 is 0. The van der Waals surface area contributed by atoms with Crippen LogP contribution in [0, 0.1) is 18.3 Å². The standard InChI is InChI=1S/C22H29FN8O2/c1-13-21(29-33-28-13)31-7-5-30(6-8-31)19-11-17(26-12-27-19)20(25)14-9-18(15(23)10-16(14)24)32-22(2)3-4-22/h10-12,14,18,20,24H,3-9,25H2,1-2H3. The second-order valence-corrected chi connectivity index (χ2v) is 9.36. The van der Waals surface area contributed by atoms with Crippen molar-refractivity contribution in [2.24, 2.45) is 11.7 Å². The van der Waals surface area contributed by atoms with Crippen LogP contribution in [-0.2, 0) is 4.74 Å². The van der Waals surface area contributed by atoms with Gasteiger partial charge in [-0.2, -0.15) is 0 Å². The van der Waals surface area contributed by atoms with Gasteiger partial charge < -0.3 is 25.7 Å². The Morgan fingerprint density at radius 2 is 1.94 bits per heavy atom. The molecule has 1 aliphatic heterocycles. The number of aromatic nitrogens is 4. The molecule has 11 heteroatoms. The number of nitrogens with zero attached hydrogens (tertiary/aromatic N) is 6. The summed E-state index contributed by atoms with van der Waals surface area (Å²) in [4.78, 5) is 13.1. The highest BCUT2D eigenvalue weighted by molar-refractivity contribution is 5.96. The lowest BCUT2D eigenvalue weighted by Crippen LogP contribution is -2.47. The molecule has 3 unspecified atom stereocenters. The molecule has 2 aromatic rings. The van der Waals surface area contributed by atoms with Gasteiger partial charge in [0.25, 0.3) is 0 Å². The molecule has 0 amide bonds. The van der Waals surface area contributed by atoms with Crippen LogP contribution in [0.3, 0.4) is 0 Å². The topological polar surface area (TPSA) is 130 Å². The second kappa shape index (κ2) is 8.45. The predicted molar refractivity (Wildman–Crippen MR) is 120 cm³/mol. The summed E-state index contributed by atoms with van der Waals surface area (Å²) in [5.74, 6) is 0.787. The summed E-state index contributed by atoms with van der Waals surface area (Å²) < 4.78 is 25.3. The van der Waals surface area contributed by atoms with Gasteiger partial charge in [-0.05, 0) is 44.3 Å². The Morgan fingerprint density at radius 3 is 2.61 bits per heavy atom.